The number of hydrogen-bond acceptors (Lipinski definition) is 5. The van der Waals surface area contributed by atoms with E-state index in [4.69, 9.17) is 10.5 Å². The van der Waals surface area contributed by atoms with Crippen LogP contribution in [0.15, 0.2) is 29.8 Å². The summed E-state index contributed by atoms with van der Waals surface area (Å²) in [7, 11) is 0. The molecule has 1 aliphatic carbocycles. The fraction of sp³-hybridized carbons (Fsp3) is 0.318. The van der Waals surface area contributed by atoms with Crippen LogP contribution in [0.25, 0.3) is 6.08 Å². The predicted octanol–water partition coefficient (Wildman–Crippen LogP) is 4.06. The maximum absolute atomic E-state index is 12.7. The van der Waals surface area contributed by atoms with E-state index in [1.165, 1.54) is 17.4 Å². The van der Waals surface area contributed by atoms with E-state index in [0.717, 1.165) is 48.3 Å². The van der Waals surface area contributed by atoms with Gasteiger partial charge in [-0.25, -0.2) is 0 Å². The van der Waals surface area contributed by atoms with Gasteiger partial charge in [0.25, 0.3) is 11.8 Å². The normalized spacial score (nSPS) is 13.3. The number of nitrogens with zero attached hydrogens (tertiary/aromatic N) is 1. The van der Waals surface area contributed by atoms with Crippen LogP contribution in [0.1, 0.15) is 52.5 Å². The molecule has 0 aliphatic heterocycles. The molecule has 2 aromatic rings. The minimum absolute atomic E-state index is 0.0472. The van der Waals surface area contributed by atoms with E-state index in [9.17, 15) is 14.9 Å². The first-order chi connectivity index (χ1) is 14.0. The average Bonchev–Trinajstić information content (AvgIpc) is 3.09. The molecule has 0 bridgehead atoms. The minimum Gasteiger partial charge on any atom is -0.494 e. The third-order valence-electron chi connectivity index (χ3n) is 4.67. The van der Waals surface area contributed by atoms with E-state index >= 15 is 0 Å². The number of rotatable bonds is 7. The molecule has 3 N–H and O–H groups in total. The van der Waals surface area contributed by atoms with Crippen LogP contribution in [-0.4, -0.2) is 18.4 Å². The summed E-state index contributed by atoms with van der Waals surface area (Å²) in [5.41, 5.74) is 7.55. The molecule has 0 unspecified atom stereocenters. The monoisotopic (exact) mass is 409 g/mol. The summed E-state index contributed by atoms with van der Waals surface area (Å²) in [5, 5.41) is 12.6. The molecule has 0 saturated heterocycles. The highest BCUT2D eigenvalue weighted by Crippen LogP contribution is 2.38. The van der Waals surface area contributed by atoms with Crippen molar-refractivity contribution in [1.29, 1.82) is 5.26 Å². The van der Waals surface area contributed by atoms with Crippen molar-refractivity contribution in [2.75, 3.05) is 11.9 Å². The SMILES string of the molecule is CCCOc1ccc(/C=C(/C#N)C(=O)Nc2sc3c(c2C(N)=O)CCCC3)cc1. The summed E-state index contributed by atoms with van der Waals surface area (Å²) >= 11 is 1.38. The highest BCUT2D eigenvalue weighted by molar-refractivity contribution is 7.17. The van der Waals surface area contributed by atoms with Crippen molar-refractivity contribution in [3.05, 3.63) is 51.4 Å². The largest absolute Gasteiger partial charge is 0.494 e. The van der Waals surface area contributed by atoms with Gasteiger partial charge < -0.3 is 15.8 Å². The van der Waals surface area contributed by atoms with Gasteiger partial charge in [0, 0.05) is 4.88 Å². The van der Waals surface area contributed by atoms with Gasteiger partial charge in [0.15, 0.2) is 0 Å². The molecule has 150 valence electrons. The Hall–Kier alpha value is -3.11. The third kappa shape index (κ3) is 4.84. The molecule has 0 spiro atoms. The molecule has 0 atom stereocenters. The van der Waals surface area contributed by atoms with Crippen molar-refractivity contribution in [1.82, 2.24) is 0 Å². The number of anilines is 1. The molecule has 29 heavy (non-hydrogen) atoms. The number of ether oxygens (including phenoxy) is 1. The number of hydrogen-bond donors (Lipinski definition) is 2. The van der Waals surface area contributed by atoms with Gasteiger partial charge in [-0.05, 0) is 61.4 Å². The maximum atomic E-state index is 12.7. The number of nitriles is 1. The molecular formula is C22H23N3O3S. The van der Waals surface area contributed by atoms with Gasteiger partial charge in [-0.1, -0.05) is 19.1 Å². The van der Waals surface area contributed by atoms with Crippen LogP contribution in [0.2, 0.25) is 0 Å². The second kappa shape index (κ2) is 9.39. The smallest absolute Gasteiger partial charge is 0.266 e. The van der Waals surface area contributed by atoms with Crippen molar-refractivity contribution in [2.45, 2.75) is 39.0 Å². The average molecular weight is 410 g/mol. The highest BCUT2D eigenvalue weighted by atomic mass is 32.1. The molecule has 6 nitrogen and oxygen atoms in total. The number of nitrogens with two attached hydrogens (primary N) is 1. The summed E-state index contributed by atoms with van der Waals surface area (Å²) in [5.74, 6) is -0.369. The quantitative estimate of drug-likeness (QED) is 0.531. The molecular weight excluding hydrogens is 386 g/mol. The van der Waals surface area contributed by atoms with Crippen LogP contribution in [0.5, 0.6) is 5.75 Å². The number of amides is 2. The first-order valence-electron chi connectivity index (χ1n) is 9.63. The Kier molecular flexibility index (Phi) is 6.68. The molecule has 3 rings (SSSR count). The lowest BCUT2D eigenvalue weighted by molar-refractivity contribution is -0.112. The second-order valence-electron chi connectivity index (χ2n) is 6.82. The van der Waals surface area contributed by atoms with Crippen molar-refractivity contribution in [3.63, 3.8) is 0 Å². The van der Waals surface area contributed by atoms with Crippen molar-refractivity contribution in [3.8, 4) is 11.8 Å². The van der Waals surface area contributed by atoms with Gasteiger partial charge in [-0.3, -0.25) is 9.59 Å². The zero-order valence-corrected chi connectivity index (χ0v) is 17.1. The number of primary amides is 1. The van der Waals surface area contributed by atoms with Gasteiger partial charge >= 0.3 is 0 Å². The van der Waals surface area contributed by atoms with Crippen molar-refractivity contribution in [2.24, 2.45) is 5.73 Å². The van der Waals surface area contributed by atoms with E-state index in [-0.39, 0.29) is 5.57 Å². The van der Waals surface area contributed by atoms with E-state index in [0.29, 0.717) is 22.7 Å². The van der Waals surface area contributed by atoms with Crippen LogP contribution in [0, 0.1) is 11.3 Å². The Bertz CT molecular complexity index is 984. The Balaban J connectivity index is 1.80. The Morgan fingerprint density at radius 3 is 2.66 bits per heavy atom. The van der Waals surface area contributed by atoms with Crippen LogP contribution in [0.4, 0.5) is 5.00 Å². The number of carbonyl (C=O) groups is 2. The second-order valence-corrected chi connectivity index (χ2v) is 7.93. The van der Waals surface area contributed by atoms with Gasteiger partial charge in [0.2, 0.25) is 0 Å². The molecule has 1 aromatic heterocycles. The summed E-state index contributed by atoms with van der Waals surface area (Å²) in [6.45, 7) is 2.66. The molecule has 0 radical (unpaired) electrons. The number of nitrogens with one attached hydrogen (secondary N) is 1. The molecule has 0 saturated carbocycles. The van der Waals surface area contributed by atoms with Gasteiger partial charge in [0.1, 0.15) is 22.4 Å². The molecule has 1 aromatic carbocycles. The van der Waals surface area contributed by atoms with Crippen molar-refractivity contribution < 1.29 is 14.3 Å². The minimum atomic E-state index is -0.556. The molecule has 1 heterocycles. The Labute approximate surface area is 174 Å². The van der Waals surface area contributed by atoms with E-state index in [1.54, 1.807) is 24.3 Å². The zero-order chi connectivity index (χ0) is 20.8. The van der Waals surface area contributed by atoms with Crippen LogP contribution < -0.4 is 15.8 Å². The topological polar surface area (TPSA) is 105 Å². The first kappa shape index (κ1) is 20.6. The number of aryl methyl sites for hydroxylation is 1. The molecule has 1 aliphatic rings. The fourth-order valence-corrected chi connectivity index (χ4v) is 4.57. The lowest BCUT2D eigenvalue weighted by Gasteiger charge is -2.11. The van der Waals surface area contributed by atoms with Gasteiger partial charge in [0.05, 0.1) is 12.2 Å². The summed E-state index contributed by atoms with van der Waals surface area (Å²) in [4.78, 5) is 25.7. The highest BCUT2D eigenvalue weighted by Gasteiger charge is 2.25. The van der Waals surface area contributed by atoms with E-state index in [2.05, 4.69) is 5.32 Å². The lowest BCUT2D eigenvalue weighted by Crippen LogP contribution is -2.19. The predicted molar refractivity (Wildman–Crippen MR) is 114 cm³/mol. The number of fused-ring (bicyclic) bond motifs is 1. The summed E-state index contributed by atoms with van der Waals surface area (Å²) < 4.78 is 5.54. The van der Waals surface area contributed by atoms with Gasteiger partial charge in [-0.2, -0.15) is 5.26 Å². The molecule has 2 amide bonds. The summed E-state index contributed by atoms with van der Waals surface area (Å²) in [6.07, 6.45) is 6.15. The van der Waals surface area contributed by atoms with E-state index in [1.807, 2.05) is 13.0 Å². The number of thiophene rings is 1. The first-order valence-corrected chi connectivity index (χ1v) is 10.5. The van der Waals surface area contributed by atoms with Crippen LogP contribution in [0.3, 0.4) is 0 Å². The maximum Gasteiger partial charge on any atom is 0.266 e. The van der Waals surface area contributed by atoms with Crippen molar-refractivity contribution >= 4 is 34.2 Å². The standard InChI is InChI=1S/C22H23N3O3S/c1-2-11-28-16-9-7-14(8-10-16)12-15(13-23)21(27)25-22-19(20(24)26)17-5-3-4-6-18(17)29-22/h7-10,12H,2-6,11H2,1H3,(H2,24,26)(H,25,27)/b15-12-. The number of benzene rings is 1. The zero-order valence-electron chi connectivity index (χ0n) is 16.3. The third-order valence-corrected chi connectivity index (χ3v) is 5.88. The lowest BCUT2D eigenvalue weighted by atomic mass is 9.95. The Morgan fingerprint density at radius 1 is 1.28 bits per heavy atom. The fourth-order valence-electron chi connectivity index (χ4n) is 3.28. The summed E-state index contributed by atoms with van der Waals surface area (Å²) in [6, 6.07) is 9.11. The molecule has 7 heteroatoms. The Morgan fingerprint density at radius 2 is 2.00 bits per heavy atom. The number of carbonyl (C=O) groups excluding carboxylic acids is 2. The van der Waals surface area contributed by atoms with Crippen LogP contribution in [-0.2, 0) is 17.6 Å². The van der Waals surface area contributed by atoms with Crippen LogP contribution >= 0.6 is 11.3 Å². The van der Waals surface area contributed by atoms with E-state index < -0.39 is 11.8 Å². The molecule has 0 fully saturated rings. The van der Waals surface area contributed by atoms with Gasteiger partial charge in [-0.15, -0.1) is 11.3 Å².